The van der Waals surface area contributed by atoms with Gasteiger partial charge in [-0.3, -0.25) is 14.6 Å². The van der Waals surface area contributed by atoms with Crippen LogP contribution in [-0.4, -0.2) is 59.4 Å². The van der Waals surface area contributed by atoms with E-state index in [4.69, 9.17) is 5.14 Å². The fourth-order valence-corrected chi connectivity index (χ4v) is 4.73. The van der Waals surface area contributed by atoms with Gasteiger partial charge in [0.25, 0.3) is 0 Å². The average molecular weight is 394 g/mol. The van der Waals surface area contributed by atoms with Gasteiger partial charge in [0.1, 0.15) is 5.54 Å². The van der Waals surface area contributed by atoms with Crippen LogP contribution in [0.4, 0.5) is 0 Å². The zero-order valence-corrected chi connectivity index (χ0v) is 16.2. The lowest BCUT2D eigenvalue weighted by Gasteiger charge is -2.44. The molecule has 27 heavy (non-hydrogen) atoms. The summed E-state index contributed by atoms with van der Waals surface area (Å²) in [6.07, 6.45) is 4.90. The summed E-state index contributed by atoms with van der Waals surface area (Å²) in [5, 5.41) is 5.01. The third-order valence-electron chi connectivity index (χ3n) is 5.39. The maximum atomic E-state index is 13.3. The summed E-state index contributed by atoms with van der Waals surface area (Å²) >= 11 is 0. The summed E-state index contributed by atoms with van der Waals surface area (Å²) in [6.45, 7) is 1.64. The Morgan fingerprint density at radius 3 is 2.63 bits per heavy atom. The van der Waals surface area contributed by atoms with E-state index < -0.39 is 15.6 Å². The Morgan fingerprint density at radius 2 is 1.96 bits per heavy atom. The number of primary sulfonamides is 1. The molecular formula is C18H26N4O4S. The molecule has 9 heteroatoms. The van der Waals surface area contributed by atoms with Crippen molar-refractivity contribution in [1.82, 2.24) is 14.8 Å². The number of hydrogen-bond acceptors (Lipinski definition) is 5. The van der Waals surface area contributed by atoms with Gasteiger partial charge < -0.3 is 9.80 Å². The number of nitrogens with zero attached hydrogens (tertiary/aromatic N) is 3. The molecule has 2 fully saturated rings. The first-order valence-electron chi connectivity index (χ1n) is 9.32. The smallest absolute Gasteiger partial charge is 0.248 e. The Bertz CT molecular complexity index is 799. The van der Waals surface area contributed by atoms with Crippen LogP contribution in [0.2, 0.25) is 0 Å². The number of nitrogens with two attached hydrogens (primary N) is 1. The number of aromatic nitrogens is 1. The van der Waals surface area contributed by atoms with Crippen LogP contribution >= 0.6 is 0 Å². The number of carbonyl (C=O) groups is 2. The predicted molar refractivity (Wildman–Crippen MR) is 99.8 cm³/mol. The van der Waals surface area contributed by atoms with Crippen LogP contribution in [0.25, 0.3) is 0 Å². The molecule has 148 valence electrons. The first kappa shape index (κ1) is 19.8. The van der Waals surface area contributed by atoms with E-state index in [0.29, 0.717) is 32.5 Å². The topological polar surface area (TPSA) is 114 Å². The fraction of sp³-hybridized carbons (Fsp3) is 0.611. The fourth-order valence-electron chi connectivity index (χ4n) is 4.19. The van der Waals surface area contributed by atoms with E-state index in [0.717, 1.165) is 18.5 Å². The molecule has 3 heterocycles. The van der Waals surface area contributed by atoms with Crippen LogP contribution < -0.4 is 5.14 Å². The third-order valence-corrected chi connectivity index (χ3v) is 6.25. The van der Waals surface area contributed by atoms with Crippen LogP contribution in [0, 0.1) is 0 Å². The molecule has 2 amide bonds. The minimum absolute atomic E-state index is 0.0169. The molecule has 0 bridgehead atoms. The molecule has 8 nitrogen and oxygen atoms in total. The van der Waals surface area contributed by atoms with Gasteiger partial charge in [0, 0.05) is 25.7 Å². The van der Waals surface area contributed by atoms with Gasteiger partial charge in [-0.25, -0.2) is 13.6 Å². The third kappa shape index (κ3) is 4.47. The van der Waals surface area contributed by atoms with Gasteiger partial charge in [-0.1, -0.05) is 6.07 Å². The van der Waals surface area contributed by atoms with E-state index in [1.165, 1.54) is 0 Å². The Balaban J connectivity index is 1.70. The number of pyridine rings is 1. The molecule has 2 saturated heterocycles. The molecule has 0 saturated carbocycles. The Morgan fingerprint density at radius 1 is 1.22 bits per heavy atom. The molecule has 3 rings (SSSR count). The van der Waals surface area contributed by atoms with Gasteiger partial charge in [0.15, 0.2) is 0 Å². The average Bonchev–Trinajstić information content (AvgIpc) is 3.03. The molecule has 2 N–H and O–H groups in total. The zero-order chi connectivity index (χ0) is 19.5. The maximum Gasteiger partial charge on any atom is 0.248 e. The highest BCUT2D eigenvalue weighted by molar-refractivity contribution is 7.89. The van der Waals surface area contributed by atoms with Crippen molar-refractivity contribution in [2.75, 3.05) is 18.8 Å². The van der Waals surface area contributed by atoms with Gasteiger partial charge in [-0.2, -0.15) is 0 Å². The van der Waals surface area contributed by atoms with Crippen molar-refractivity contribution in [3.05, 3.63) is 30.1 Å². The highest BCUT2D eigenvalue weighted by Gasteiger charge is 2.52. The van der Waals surface area contributed by atoms with Crippen LogP contribution in [0.5, 0.6) is 0 Å². The van der Waals surface area contributed by atoms with Gasteiger partial charge in [0.05, 0.1) is 18.0 Å². The predicted octanol–water partition coefficient (Wildman–Crippen LogP) is 0.634. The highest BCUT2D eigenvalue weighted by atomic mass is 32.2. The van der Waals surface area contributed by atoms with Gasteiger partial charge >= 0.3 is 0 Å². The molecule has 1 aromatic rings. The molecule has 1 unspecified atom stereocenters. The summed E-state index contributed by atoms with van der Waals surface area (Å²) in [5.74, 6) is -0.403. The second-order valence-electron chi connectivity index (χ2n) is 7.30. The highest BCUT2D eigenvalue weighted by Crippen LogP contribution is 2.39. The molecule has 0 aliphatic carbocycles. The zero-order valence-electron chi connectivity index (χ0n) is 15.3. The molecule has 1 aromatic heterocycles. The maximum absolute atomic E-state index is 13.3. The largest absolute Gasteiger partial charge is 0.335 e. The van der Waals surface area contributed by atoms with Crippen molar-refractivity contribution in [3.63, 3.8) is 0 Å². The summed E-state index contributed by atoms with van der Waals surface area (Å²) in [5.41, 5.74) is 0.0398. The number of rotatable bonds is 6. The van der Waals surface area contributed by atoms with E-state index in [1.54, 1.807) is 16.0 Å². The summed E-state index contributed by atoms with van der Waals surface area (Å²) in [6, 6.07) is 5.62. The van der Waals surface area contributed by atoms with E-state index in [9.17, 15) is 18.0 Å². The number of piperidine rings is 1. The lowest BCUT2D eigenvalue weighted by atomic mass is 9.85. The molecule has 2 aliphatic rings. The molecular weight excluding hydrogens is 368 g/mol. The van der Waals surface area contributed by atoms with E-state index in [2.05, 4.69) is 4.98 Å². The van der Waals surface area contributed by atoms with Gasteiger partial charge in [0.2, 0.25) is 21.8 Å². The Kier molecular flexibility index (Phi) is 5.81. The number of sulfonamides is 1. The minimum atomic E-state index is -3.58. The molecule has 0 aromatic carbocycles. The van der Waals surface area contributed by atoms with E-state index >= 15 is 0 Å². The van der Waals surface area contributed by atoms with Crippen LogP contribution in [0.3, 0.4) is 0 Å². The second kappa shape index (κ2) is 7.93. The summed E-state index contributed by atoms with van der Waals surface area (Å²) in [7, 11) is -3.58. The molecule has 2 aliphatic heterocycles. The normalized spacial score (nSPS) is 23.2. The van der Waals surface area contributed by atoms with Gasteiger partial charge in [-0.05, 0) is 44.2 Å². The monoisotopic (exact) mass is 394 g/mol. The van der Waals surface area contributed by atoms with Crippen molar-refractivity contribution in [2.24, 2.45) is 5.14 Å². The number of likely N-dealkylation sites (tertiary alicyclic amines) is 2. The summed E-state index contributed by atoms with van der Waals surface area (Å²) in [4.78, 5) is 33.8. The first-order chi connectivity index (χ1) is 12.8. The van der Waals surface area contributed by atoms with Crippen molar-refractivity contribution in [1.29, 1.82) is 0 Å². The second-order valence-corrected chi connectivity index (χ2v) is 9.04. The lowest BCUT2D eigenvalue weighted by molar-refractivity contribution is -0.156. The van der Waals surface area contributed by atoms with Crippen LogP contribution in [0.1, 0.15) is 44.2 Å². The minimum Gasteiger partial charge on any atom is -0.335 e. The number of hydrogen-bond donors (Lipinski definition) is 1. The first-order valence-corrected chi connectivity index (χ1v) is 11.0. The van der Waals surface area contributed by atoms with E-state index in [1.807, 2.05) is 18.2 Å². The Labute approximate surface area is 159 Å². The SMILES string of the molecule is NS(=O)(=O)CCCC(=O)N1CCCC12CCCN(Cc1ccccn1)C2=O. The lowest BCUT2D eigenvalue weighted by Crippen LogP contribution is -2.61. The quantitative estimate of drug-likeness (QED) is 0.760. The van der Waals surface area contributed by atoms with E-state index in [-0.39, 0.29) is 30.4 Å². The van der Waals surface area contributed by atoms with Crippen molar-refractivity contribution in [3.8, 4) is 0 Å². The Hall–Kier alpha value is -2.00. The number of carbonyl (C=O) groups excluding carboxylic acids is 2. The molecule has 0 radical (unpaired) electrons. The van der Waals surface area contributed by atoms with Crippen molar-refractivity contribution >= 4 is 21.8 Å². The summed E-state index contributed by atoms with van der Waals surface area (Å²) < 4.78 is 22.2. The van der Waals surface area contributed by atoms with Crippen LogP contribution in [-0.2, 0) is 26.2 Å². The van der Waals surface area contributed by atoms with Crippen molar-refractivity contribution in [2.45, 2.75) is 50.6 Å². The molecule has 1 spiro atoms. The van der Waals surface area contributed by atoms with Crippen LogP contribution in [0.15, 0.2) is 24.4 Å². The molecule has 1 atom stereocenters. The van der Waals surface area contributed by atoms with Gasteiger partial charge in [-0.15, -0.1) is 0 Å². The standard InChI is InChI=1S/C18H26N4O4S/c19-27(25,26)13-3-7-16(23)22-12-5-9-18(22)8-4-11-21(17(18)24)14-15-6-1-2-10-20-15/h1-2,6,10H,3-5,7-9,11-14H2,(H2,19,25,26). The number of amides is 2. The van der Waals surface area contributed by atoms with Crippen molar-refractivity contribution < 1.29 is 18.0 Å².